The van der Waals surface area contributed by atoms with Crippen LogP contribution in [-0.2, 0) is 0 Å². The molecule has 232 valence electrons. The molecule has 50 heavy (non-hydrogen) atoms. The molecule has 0 heterocycles. The molecule has 0 nitrogen and oxygen atoms in total. The molecule has 0 fully saturated rings. The lowest BCUT2D eigenvalue weighted by Crippen LogP contribution is -1.96. The van der Waals surface area contributed by atoms with Crippen molar-refractivity contribution in [3.05, 3.63) is 194 Å². The van der Waals surface area contributed by atoms with Gasteiger partial charge >= 0.3 is 0 Å². The highest BCUT2D eigenvalue weighted by Crippen LogP contribution is 2.50. The summed E-state index contributed by atoms with van der Waals surface area (Å²) in [6.45, 7) is 0. The first kappa shape index (κ1) is 28.5. The van der Waals surface area contributed by atoms with Gasteiger partial charge in [-0.3, -0.25) is 0 Å². The normalized spacial score (nSPS) is 11.6. The zero-order chi connectivity index (χ0) is 33.0. The average molecular weight is 633 g/mol. The maximum absolute atomic E-state index is 2.43. The van der Waals surface area contributed by atoms with Crippen LogP contribution in [0.15, 0.2) is 194 Å². The summed E-state index contributed by atoms with van der Waals surface area (Å²) in [5.74, 6) is 0. The molecule has 0 N–H and O–H groups in total. The van der Waals surface area contributed by atoms with Crippen LogP contribution in [0.1, 0.15) is 0 Å². The third-order valence-electron chi connectivity index (χ3n) is 10.4. The molecule has 0 aromatic heterocycles. The van der Waals surface area contributed by atoms with Crippen LogP contribution in [0, 0.1) is 0 Å². The Balaban J connectivity index is 1.35. The number of fused-ring (bicyclic) bond motifs is 5. The number of hydrogen-bond donors (Lipinski definition) is 0. The fourth-order valence-corrected chi connectivity index (χ4v) is 8.16. The van der Waals surface area contributed by atoms with Crippen LogP contribution < -0.4 is 0 Å². The first-order chi connectivity index (χ1) is 24.8. The minimum absolute atomic E-state index is 1.21. The van der Waals surface area contributed by atoms with Crippen molar-refractivity contribution in [2.75, 3.05) is 0 Å². The van der Waals surface area contributed by atoms with Gasteiger partial charge in [-0.2, -0.15) is 0 Å². The van der Waals surface area contributed by atoms with E-state index in [2.05, 4.69) is 194 Å². The third-order valence-corrected chi connectivity index (χ3v) is 10.4. The topological polar surface area (TPSA) is 0 Å². The number of rotatable bonds is 4. The second-order valence-corrected chi connectivity index (χ2v) is 13.2. The summed E-state index contributed by atoms with van der Waals surface area (Å²) in [5.41, 5.74) is 9.98. The molecular weight excluding hydrogens is 601 g/mol. The van der Waals surface area contributed by atoms with E-state index < -0.39 is 0 Å². The first-order valence-electron chi connectivity index (χ1n) is 17.4. The number of benzene rings is 10. The van der Waals surface area contributed by atoms with E-state index in [1.807, 2.05) is 0 Å². The van der Waals surface area contributed by atoms with Crippen LogP contribution in [0.3, 0.4) is 0 Å². The molecule has 0 aliphatic heterocycles. The SMILES string of the molecule is c1ccc2c(-c3ccc(-c4c(-c5c6ccccc6cc6ccccc56)c(-c5cccc6ccccc56)cc5ccccc45)cc3)cccc2c1. The highest BCUT2D eigenvalue weighted by Gasteiger charge is 2.23. The average Bonchev–Trinajstić information content (AvgIpc) is 3.19. The molecule has 0 saturated heterocycles. The molecule has 0 radical (unpaired) electrons. The fourth-order valence-electron chi connectivity index (χ4n) is 8.16. The Morgan fingerprint density at radius 3 is 1.18 bits per heavy atom. The van der Waals surface area contributed by atoms with Gasteiger partial charge in [-0.25, -0.2) is 0 Å². The molecule has 0 aliphatic carbocycles. The van der Waals surface area contributed by atoms with Crippen molar-refractivity contribution in [2.24, 2.45) is 0 Å². The van der Waals surface area contributed by atoms with Crippen LogP contribution in [0.2, 0.25) is 0 Å². The van der Waals surface area contributed by atoms with Gasteiger partial charge in [0, 0.05) is 0 Å². The lowest BCUT2D eigenvalue weighted by atomic mass is 9.80. The van der Waals surface area contributed by atoms with Crippen LogP contribution in [0.5, 0.6) is 0 Å². The van der Waals surface area contributed by atoms with Gasteiger partial charge in [0.15, 0.2) is 0 Å². The molecule has 0 atom stereocenters. The second kappa shape index (κ2) is 11.6. The smallest absolute Gasteiger partial charge is 0.000765 e. The van der Waals surface area contributed by atoms with E-state index in [-0.39, 0.29) is 0 Å². The highest BCUT2D eigenvalue weighted by atomic mass is 14.3. The molecule has 0 spiro atoms. The Kier molecular flexibility index (Phi) is 6.60. The zero-order valence-electron chi connectivity index (χ0n) is 27.5. The van der Waals surface area contributed by atoms with E-state index >= 15 is 0 Å². The van der Waals surface area contributed by atoms with Gasteiger partial charge in [-0.1, -0.05) is 182 Å². The van der Waals surface area contributed by atoms with Gasteiger partial charge in [0.1, 0.15) is 0 Å². The lowest BCUT2D eigenvalue weighted by molar-refractivity contribution is 1.61. The van der Waals surface area contributed by atoms with Crippen molar-refractivity contribution in [1.82, 2.24) is 0 Å². The monoisotopic (exact) mass is 632 g/mol. The van der Waals surface area contributed by atoms with E-state index in [1.54, 1.807) is 0 Å². The molecule has 0 bridgehead atoms. The standard InChI is InChI=1S/C50H32/c1-6-20-40-33(13-1)18-11-25-41(40)35-27-29-36(30-28-35)48-43-22-8-5-17-39(43)32-47(46-26-12-19-34-14-2-7-21-42(34)46)50(48)49-44-23-9-3-15-37(44)31-38-16-4-10-24-45(38)49/h1-32H. The van der Waals surface area contributed by atoms with E-state index in [9.17, 15) is 0 Å². The minimum Gasteiger partial charge on any atom is -0.0616 e. The van der Waals surface area contributed by atoms with Gasteiger partial charge in [0.25, 0.3) is 0 Å². The lowest BCUT2D eigenvalue weighted by Gasteiger charge is -2.23. The second-order valence-electron chi connectivity index (χ2n) is 13.2. The largest absolute Gasteiger partial charge is 0.0616 e. The van der Waals surface area contributed by atoms with Crippen molar-refractivity contribution in [3.63, 3.8) is 0 Å². The predicted octanol–water partition coefficient (Wildman–Crippen LogP) is 14.1. The van der Waals surface area contributed by atoms with Crippen molar-refractivity contribution in [1.29, 1.82) is 0 Å². The van der Waals surface area contributed by atoms with Crippen molar-refractivity contribution < 1.29 is 0 Å². The Labute approximate surface area is 291 Å². The molecule has 0 heteroatoms. The molecule has 0 saturated carbocycles. The third kappa shape index (κ3) is 4.54. The Bertz CT molecular complexity index is 2850. The molecule has 0 aliphatic rings. The van der Waals surface area contributed by atoms with Crippen molar-refractivity contribution in [3.8, 4) is 44.5 Å². The summed E-state index contributed by atoms with van der Waals surface area (Å²) in [7, 11) is 0. The van der Waals surface area contributed by atoms with Gasteiger partial charge in [0.2, 0.25) is 0 Å². The summed E-state index contributed by atoms with van der Waals surface area (Å²) >= 11 is 0. The van der Waals surface area contributed by atoms with Crippen LogP contribution >= 0.6 is 0 Å². The van der Waals surface area contributed by atoms with Crippen molar-refractivity contribution >= 4 is 53.9 Å². The van der Waals surface area contributed by atoms with Crippen molar-refractivity contribution in [2.45, 2.75) is 0 Å². The van der Waals surface area contributed by atoms with Crippen LogP contribution in [0.25, 0.3) is 98.4 Å². The van der Waals surface area contributed by atoms with Crippen LogP contribution in [-0.4, -0.2) is 0 Å². The highest BCUT2D eigenvalue weighted by molar-refractivity contribution is 6.22. The van der Waals surface area contributed by atoms with E-state index in [4.69, 9.17) is 0 Å². The summed E-state index contributed by atoms with van der Waals surface area (Å²) in [5, 5.41) is 12.5. The quantitative estimate of drug-likeness (QED) is 0.169. The van der Waals surface area contributed by atoms with Gasteiger partial charge in [-0.15, -0.1) is 0 Å². The molecule has 10 aromatic carbocycles. The van der Waals surface area contributed by atoms with Gasteiger partial charge in [0.05, 0.1) is 0 Å². The molecule has 10 rings (SSSR count). The van der Waals surface area contributed by atoms with E-state index in [0.29, 0.717) is 0 Å². The Morgan fingerprint density at radius 2 is 0.600 bits per heavy atom. The molecular formula is C50H32. The molecule has 10 aromatic rings. The zero-order valence-corrected chi connectivity index (χ0v) is 27.5. The molecule has 0 unspecified atom stereocenters. The summed E-state index contributed by atoms with van der Waals surface area (Å²) < 4.78 is 0. The maximum Gasteiger partial charge on any atom is -0.000765 e. The maximum atomic E-state index is 2.43. The summed E-state index contributed by atoms with van der Waals surface area (Å²) in [4.78, 5) is 0. The van der Waals surface area contributed by atoms with Gasteiger partial charge < -0.3 is 0 Å². The first-order valence-corrected chi connectivity index (χ1v) is 17.4. The van der Waals surface area contributed by atoms with Crippen LogP contribution in [0.4, 0.5) is 0 Å². The minimum atomic E-state index is 1.21. The molecule has 0 amide bonds. The van der Waals surface area contributed by atoms with Gasteiger partial charge in [-0.05, 0) is 111 Å². The fraction of sp³-hybridized carbons (Fsp3) is 0. The summed E-state index contributed by atoms with van der Waals surface area (Å²) in [6, 6.07) is 71.5. The Morgan fingerprint density at radius 1 is 0.200 bits per heavy atom. The van der Waals surface area contributed by atoms with E-state index in [1.165, 1.54) is 98.4 Å². The van der Waals surface area contributed by atoms with E-state index in [0.717, 1.165) is 0 Å². The summed E-state index contributed by atoms with van der Waals surface area (Å²) in [6.07, 6.45) is 0. The predicted molar refractivity (Wildman–Crippen MR) is 216 cm³/mol. The Hall–Kier alpha value is -6.50. The number of hydrogen-bond acceptors (Lipinski definition) is 0.